The quantitative estimate of drug-likeness (QED) is 0.423. The van der Waals surface area contributed by atoms with E-state index in [9.17, 15) is 9.90 Å². The van der Waals surface area contributed by atoms with Crippen LogP contribution in [-0.2, 0) is 4.79 Å². The molecule has 2 N–H and O–H groups in total. The van der Waals surface area contributed by atoms with E-state index in [2.05, 4.69) is 19.1 Å². The van der Waals surface area contributed by atoms with Crippen molar-refractivity contribution in [3.63, 3.8) is 0 Å². The maximum Gasteiger partial charge on any atom is 0.162 e. The number of aliphatic hydroxyl groups is 2. The lowest BCUT2D eigenvalue weighted by Gasteiger charge is -2.13. The molecule has 23 heavy (non-hydrogen) atoms. The maximum absolute atomic E-state index is 12.0. The van der Waals surface area contributed by atoms with Crippen LogP contribution < -0.4 is 0 Å². The molecule has 0 radical (unpaired) electrons. The van der Waals surface area contributed by atoms with Crippen LogP contribution in [-0.4, -0.2) is 28.7 Å². The number of carbonyl (C=O) groups excluding carboxylic acids is 1. The molecule has 130 valence electrons. The van der Waals surface area contributed by atoms with Crippen LogP contribution in [0, 0.1) is 11.8 Å². The van der Waals surface area contributed by atoms with Gasteiger partial charge in [0.1, 0.15) is 0 Å². The van der Waals surface area contributed by atoms with Crippen molar-refractivity contribution in [1.29, 1.82) is 0 Å². The first-order valence-corrected chi connectivity index (χ1v) is 9.03. The van der Waals surface area contributed by atoms with Gasteiger partial charge in [-0.1, -0.05) is 56.6 Å². The van der Waals surface area contributed by atoms with Crippen LogP contribution in [0.15, 0.2) is 36.5 Å². The third kappa shape index (κ3) is 8.29. The highest BCUT2D eigenvalue weighted by atomic mass is 16.3. The van der Waals surface area contributed by atoms with Gasteiger partial charge in [0.15, 0.2) is 5.78 Å². The molecule has 1 rings (SSSR count). The molecule has 0 bridgehead atoms. The van der Waals surface area contributed by atoms with Crippen molar-refractivity contribution in [2.45, 2.75) is 64.4 Å². The molecule has 0 amide bonds. The van der Waals surface area contributed by atoms with Gasteiger partial charge in [0.25, 0.3) is 0 Å². The molecule has 0 fully saturated rings. The predicted octanol–water partition coefficient (Wildman–Crippen LogP) is 3.96. The largest absolute Gasteiger partial charge is 0.396 e. The lowest BCUT2D eigenvalue weighted by atomic mass is 9.90. The van der Waals surface area contributed by atoms with Crippen molar-refractivity contribution >= 4 is 5.78 Å². The van der Waals surface area contributed by atoms with Gasteiger partial charge in [-0.15, -0.1) is 0 Å². The zero-order valence-electron chi connectivity index (χ0n) is 14.4. The number of allylic oxidation sites excluding steroid dienone is 5. The molecule has 3 nitrogen and oxygen atoms in total. The van der Waals surface area contributed by atoms with E-state index in [-0.39, 0.29) is 24.2 Å². The van der Waals surface area contributed by atoms with Gasteiger partial charge >= 0.3 is 0 Å². The van der Waals surface area contributed by atoms with Crippen molar-refractivity contribution in [2.24, 2.45) is 11.8 Å². The van der Waals surface area contributed by atoms with Crippen molar-refractivity contribution in [3.05, 3.63) is 36.5 Å². The van der Waals surface area contributed by atoms with Gasteiger partial charge in [0, 0.05) is 12.5 Å². The number of aliphatic hydroxyl groups excluding tert-OH is 2. The zero-order chi connectivity index (χ0) is 16.9. The van der Waals surface area contributed by atoms with E-state index in [0.29, 0.717) is 0 Å². The van der Waals surface area contributed by atoms with Crippen LogP contribution in [0.3, 0.4) is 0 Å². The normalized spacial score (nSPS) is 22.7. The highest BCUT2D eigenvalue weighted by Gasteiger charge is 2.26. The fourth-order valence-corrected chi connectivity index (χ4v) is 2.82. The molecule has 0 unspecified atom stereocenters. The average molecular weight is 320 g/mol. The average Bonchev–Trinajstić information content (AvgIpc) is 2.89. The number of hydrogen-bond donors (Lipinski definition) is 2. The van der Waals surface area contributed by atoms with Crippen molar-refractivity contribution < 1.29 is 15.0 Å². The van der Waals surface area contributed by atoms with Gasteiger partial charge in [-0.2, -0.15) is 0 Å². The summed E-state index contributed by atoms with van der Waals surface area (Å²) in [6.07, 6.45) is 18.9. The van der Waals surface area contributed by atoms with Gasteiger partial charge in [-0.3, -0.25) is 4.79 Å². The topological polar surface area (TPSA) is 57.5 Å². The number of unbranched alkanes of at least 4 members (excludes halogenated alkanes) is 4. The maximum atomic E-state index is 12.0. The molecule has 0 saturated heterocycles. The Morgan fingerprint density at radius 3 is 2.78 bits per heavy atom. The fourth-order valence-electron chi connectivity index (χ4n) is 2.82. The van der Waals surface area contributed by atoms with Crippen LogP contribution in [0.4, 0.5) is 0 Å². The summed E-state index contributed by atoms with van der Waals surface area (Å²) >= 11 is 0. The molecule has 1 aliphatic rings. The van der Waals surface area contributed by atoms with Gasteiger partial charge in [-0.05, 0) is 44.1 Å². The Hall–Kier alpha value is -1.19. The Morgan fingerprint density at radius 2 is 2.04 bits per heavy atom. The molecule has 3 heteroatoms. The standard InChI is InChI=1S/C20H32O3/c1-2-3-7-11-18(22)13-14-19-17(12-15-20(19)23)10-8-5-4-6-9-16-21/h5,8,12-15,17-19,21-22H,2-4,6-7,9-11,16H2,1H3/b8-5-,14-13+/t17-,18-,19+/m0/s1. The molecular formula is C20H32O3. The van der Waals surface area contributed by atoms with Crippen LogP contribution in [0.25, 0.3) is 0 Å². The third-order valence-corrected chi connectivity index (χ3v) is 4.30. The van der Waals surface area contributed by atoms with Crippen LogP contribution >= 0.6 is 0 Å². The Bertz CT molecular complexity index is 409. The molecule has 3 atom stereocenters. The zero-order valence-corrected chi connectivity index (χ0v) is 14.4. The second-order valence-corrected chi connectivity index (χ2v) is 6.33. The summed E-state index contributed by atoms with van der Waals surface area (Å²) in [5.74, 6) is 0.217. The SMILES string of the molecule is CCCCC[C@H](O)/C=C/[C@H]1C(=O)C=C[C@@H]1C/C=C\CCCCO. The highest BCUT2D eigenvalue weighted by Crippen LogP contribution is 2.27. The van der Waals surface area contributed by atoms with Crippen LogP contribution in [0.5, 0.6) is 0 Å². The lowest BCUT2D eigenvalue weighted by Crippen LogP contribution is -2.14. The Balaban J connectivity index is 2.38. The van der Waals surface area contributed by atoms with Crippen LogP contribution in [0.1, 0.15) is 58.3 Å². The molecule has 0 aromatic heterocycles. The summed E-state index contributed by atoms with van der Waals surface area (Å²) in [5, 5.41) is 18.7. The number of carbonyl (C=O) groups is 1. The smallest absolute Gasteiger partial charge is 0.162 e. The minimum Gasteiger partial charge on any atom is -0.396 e. The Kier molecular flexibility index (Phi) is 10.6. The van der Waals surface area contributed by atoms with E-state index in [4.69, 9.17) is 5.11 Å². The Labute approximate surface area is 140 Å². The molecule has 0 aliphatic heterocycles. The number of rotatable bonds is 12. The summed E-state index contributed by atoms with van der Waals surface area (Å²) in [6.45, 7) is 2.40. The summed E-state index contributed by atoms with van der Waals surface area (Å²) in [5.41, 5.74) is 0. The van der Waals surface area contributed by atoms with E-state index in [1.807, 2.05) is 12.2 Å². The van der Waals surface area contributed by atoms with Crippen molar-refractivity contribution in [2.75, 3.05) is 6.61 Å². The molecule has 0 aromatic carbocycles. The van der Waals surface area contributed by atoms with Crippen LogP contribution in [0.2, 0.25) is 0 Å². The summed E-state index contributed by atoms with van der Waals surface area (Å²) < 4.78 is 0. The van der Waals surface area contributed by atoms with Gasteiger partial charge < -0.3 is 10.2 Å². The molecular weight excluding hydrogens is 288 g/mol. The summed E-state index contributed by atoms with van der Waals surface area (Å²) in [4.78, 5) is 12.0. The monoisotopic (exact) mass is 320 g/mol. The van der Waals surface area contributed by atoms with E-state index in [0.717, 1.165) is 51.4 Å². The van der Waals surface area contributed by atoms with Gasteiger partial charge in [0.05, 0.1) is 6.10 Å². The number of ketones is 1. The van der Waals surface area contributed by atoms with Crippen molar-refractivity contribution in [1.82, 2.24) is 0 Å². The summed E-state index contributed by atoms with van der Waals surface area (Å²) in [7, 11) is 0. The van der Waals surface area contributed by atoms with Gasteiger partial charge in [-0.25, -0.2) is 0 Å². The van der Waals surface area contributed by atoms with Crippen molar-refractivity contribution in [3.8, 4) is 0 Å². The highest BCUT2D eigenvalue weighted by molar-refractivity contribution is 5.95. The molecule has 1 aliphatic carbocycles. The first kappa shape index (κ1) is 19.9. The first-order valence-electron chi connectivity index (χ1n) is 9.03. The second-order valence-electron chi connectivity index (χ2n) is 6.33. The van der Waals surface area contributed by atoms with E-state index < -0.39 is 6.10 Å². The molecule has 0 aromatic rings. The minimum atomic E-state index is -0.440. The van der Waals surface area contributed by atoms with E-state index in [1.165, 1.54) is 0 Å². The third-order valence-electron chi connectivity index (χ3n) is 4.30. The molecule has 0 heterocycles. The minimum absolute atomic E-state index is 0.127. The molecule has 0 spiro atoms. The fraction of sp³-hybridized carbons (Fsp3) is 0.650. The molecule has 0 saturated carbocycles. The first-order chi connectivity index (χ1) is 11.2. The lowest BCUT2D eigenvalue weighted by molar-refractivity contribution is -0.116. The van der Waals surface area contributed by atoms with E-state index >= 15 is 0 Å². The van der Waals surface area contributed by atoms with E-state index in [1.54, 1.807) is 12.2 Å². The second kappa shape index (κ2) is 12.3. The predicted molar refractivity (Wildman–Crippen MR) is 95.1 cm³/mol. The summed E-state index contributed by atoms with van der Waals surface area (Å²) in [6, 6.07) is 0. The Morgan fingerprint density at radius 1 is 1.22 bits per heavy atom. The number of hydrogen-bond acceptors (Lipinski definition) is 3. The van der Waals surface area contributed by atoms with Gasteiger partial charge in [0.2, 0.25) is 0 Å².